The van der Waals surface area contributed by atoms with Crippen molar-refractivity contribution in [3.8, 4) is 0 Å². The smallest absolute Gasteiger partial charge is 0.191 e. The lowest BCUT2D eigenvalue weighted by molar-refractivity contribution is 0.0177. The molecule has 0 aromatic heterocycles. The molecule has 0 radical (unpaired) electrons. The highest BCUT2D eigenvalue weighted by molar-refractivity contribution is 14.0. The first-order valence-electron chi connectivity index (χ1n) is 7.86. The molecule has 1 atom stereocenters. The van der Waals surface area contributed by atoms with Crippen LogP contribution >= 0.6 is 24.0 Å². The summed E-state index contributed by atoms with van der Waals surface area (Å²) in [5.74, 6) is 1.45. The summed E-state index contributed by atoms with van der Waals surface area (Å²) in [5, 5.41) is 0. The molecule has 0 heterocycles. The molecular weight excluding hydrogens is 365 g/mol. The van der Waals surface area contributed by atoms with E-state index in [-0.39, 0.29) is 24.0 Å². The van der Waals surface area contributed by atoms with Crippen LogP contribution in [0.5, 0.6) is 0 Å². The molecule has 0 spiro atoms. The average molecular weight is 395 g/mol. The molecule has 1 unspecified atom stereocenters. The van der Waals surface area contributed by atoms with Crippen molar-refractivity contribution in [2.45, 2.75) is 64.0 Å². The average Bonchev–Trinajstić information content (AvgIpc) is 3.12. The lowest BCUT2D eigenvalue weighted by Gasteiger charge is -2.23. The molecule has 2 fully saturated rings. The number of halogens is 1. The van der Waals surface area contributed by atoms with Crippen LogP contribution in [0.2, 0.25) is 0 Å². The van der Waals surface area contributed by atoms with Crippen molar-refractivity contribution in [1.82, 2.24) is 4.90 Å². The summed E-state index contributed by atoms with van der Waals surface area (Å²) < 4.78 is 5.90. The van der Waals surface area contributed by atoms with Gasteiger partial charge < -0.3 is 15.4 Å². The number of aliphatic imine (C=N–C) groups is 1. The molecule has 0 saturated heterocycles. The van der Waals surface area contributed by atoms with Crippen molar-refractivity contribution in [2.24, 2.45) is 16.6 Å². The largest absolute Gasteiger partial charge is 0.378 e. The number of guanidine groups is 1. The maximum absolute atomic E-state index is 6.01. The second-order valence-electron chi connectivity index (χ2n) is 5.91. The number of ether oxygens (including phenoxy) is 1. The topological polar surface area (TPSA) is 50.9 Å². The van der Waals surface area contributed by atoms with Crippen molar-refractivity contribution in [2.75, 3.05) is 20.2 Å². The zero-order valence-electron chi connectivity index (χ0n) is 12.9. The Morgan fingerprint density at radius 1 is 1.30 bits per heavy atom. The van der Waals surface area contributed by atoms with Crippen LogP contribution in [0.3, 0.4) is 0 Å². The molecule has 2 saturated carbocycles. The van der Waals surface area contributed by atoms with Gasteiger partial charge >= 0.3 is 0 Å². The highest BCUT2D eigenvalue weighted by Gasteiger charge is 2.28. The van der Waals surface area contributed by atoms with Gasteiger partial charge in [0.25, 0.3) is 0 Å². The summed E-state index contributed by atoms with van der Waals surface area (Å²) in [6.07, 6.45) is 9.30. The summed E-state index contributed by atoms with van der Waals surface area (Å²) in [4.78, 5) is 6.64. The third-order valence-corrected chi connectivity index (χ3v) is 4.45. The van der Waals surface area contributed by atoms with Gasteiger partial charge in [0.2, 0.25) is 0 Å². The van der Waals surface area contributed by atoms with Gasteiger partial charge in [0.15, 0.2) is 5.96 Å². The number of hydrogen-bond acceptors (Lipinski definition) is 2. The van der Waals surface area contributed by atoms with Crippen LogP contribution in [-0.4, -0.2) is 43.2 Å². The molecule has 118 valence electrons. The van der Waals surface area contributed by atoms with E-state index >= 15 is 0 Å². The molecule has 2 rings (SSSR count). The number of rotatable bonds is 7. The van der Waals surface area contributed by atoms with Crippen LogP contribution in [0.25, 0.3) is 0 Å². The van der Waals surface area contributed by atoms with Gasteiger partial charge in [-0.15, -0.1) is 24.0 Å². The molecule has 0 aliphatic heterocycles. The molecule has 2 N–H and O–H groups in total. The first kappa shape index (κ1) is 18.0. The van der Waals surface area contributed by atoms with E-state index < -0.39 is 0 Å². The van der Waals surface area contributed by atoms with E-state index in [1.165, 1.54) is 38.5 Å². The van der Waals surface area contributed by atoms with E-state index in [9.17, 15) is 0 Å². The molecule has 2 aliphatic carbocycles. The highest BCUT2D eigenvalue weighted by Crippen LogP contribution is 2.30. The minimum absolute atomic E-state index is 0. The quantitative estimate of drug-likeness (QED) is 0.410. The van der Waals surface area contributed by atoms with Crippen LogP contribution in [0.1, 0.15) is 51.9 Å². The summed E-state index contributed by atoms with van der Waals surface area (Å²) in [7, 11) is 2.05. The lowest BCUT2D eigenvalue weighted by atomic mass is 9.98. The number of hydrogen-bond donors (Lipinski definition) is 1. The van der Waals surface area contributed by atoms with Crippen molar-refractivity contribution in [3.63, 3.8) is 0 Å². The monoisotopic (exact) mass is 395 g/mol. The minimum Gasteiger partial charge on any atom is -0.378 e. The van der Waals surface area contributed by atoms with Crippen molar-refractivity contribution in [3.05, 3.63) is 0 Å². The highest BCUT2D eigenvalue weighted by atomic mass is 127. The second kappa shape index (κ2) is 9.07. The van der Waals surface area contributed by atoms with Crippen LogP contribution in [0.15, 0.2) is 4.99 Å². The molecule has 20 heavy (non-hydrogen) atoms. The predicted octanol–water partition coefficient (Wildman–Crippen LogP) is 3.00. The van der Waals surface area contributed by atoms with Gasteiger partial charge in [0.05, 0.1) is 6.10 Å². The summed E-state index contributed by atoms with van der Waals surface area (Å²) in [6, 6.07) is 0.640. The Bertz CT molecular complexity index is 301. The van der Waals surface area contributed by atoms with Crippen LogP contribution in [-0.2, 0) is 4.74 Å². The first-order valence-corrected chi connectivity index (χ1v) is 7.86. The van der Waals surface area contributed by atoms with E-state index in [0.717, 1.165) is 25.5 Å². The Kier molecular flexibility index (Phi) is 8.17. The van der Waals surface area contributed by atoms with Gasteiger partial charge in [-0.2, -0.15) is 0 Å². The Balaban J connectivity index is 0.00000200. The predicted molar refractivity (Wildman–Crippen MR) is 94.7 cm³/mol. The summed E-state index contributed by atoms with van der Waals surface area (Å²) in [6.45, 7) is 3.69. The van der Waals surface area contributed by atoms with E-state index in [1.807, 2.05) is 7.05 Å². The van der Waals surface area contributed by atoms with Crippen LogP contribution < -0.4 is 5.73 Å². The van der Waals surface area contributed by atoms with Crippen molar-refractivity contribution in [1.29, 1.82) is 0 Å². The molecule has 0 aromatic carbocycles. The summed E-state index contributed by atoms with van der Waals surface area (Å²) in [5.41, 5.74) is 6.01. The third kappa shape index (κ3) is 5.39. The molecule has 0 amide bonds. The zero-order chi connectivity index (χ0) is 13.7. The Labute approximate surface area is 140 Å². The molecular formula is C15H30IN3O. The number of nitrogens with zero attached hydrogens (tertiary/aromatic N) is 2. The van der Waals surface area contributed by atoms with E-state index in [4.69, 9.17) is 10.5 Å². The third-order valence-electron chi connectivity index (χ3n) is 4.45. The zero-order valence-corrected chi connectivity index (χ0v) is 15.2. The second-order valence-corrected chi connectivity index (χ2v) is 5.91. The fourth-order valence-electron chi connectivity index (χ4n) is 3.07. The fourth-order valence-corrected chi connectivity index (χ4v) is 3.07. The molecule has 4 nitrogen and oxygen atoms in total. The normalized spacial score (nSPS) is 21.6. The SMILES string of the molecule is CCOC(CCN=C(N)N(C)C1CC1)C1CCCC1.I. The maximum Gasteiger partial charge on any atom is 0.191 e. The summed E-state index contributed by atoms with van der Waals surface area (Å²) >= 11 is 0. The molecule has 5 heteroatoms. The van der Waals surface area contributed by atoms with E-state index in [1.54, 1.807) is 0 Å². The van der Waals surface area contributed by atoms with Gasteiger partial charge in [0, 0.05) is 26.2 Å². The molecule has 0 bridgehead atoms. The maximum atomic E-state index is 6.01. The van der Waals surface area contributed by atoms with Crippen LogP contribution in [0.4, 0.5) is 0 Å². The number of nitrogens with two attached hydrogens (primary N) is 1. The fraction of sp³-hybridized carbons (Fsp3) is 0.933. The molecule has 2 aliphatic rings. The van der Waals surface area contributed by atoms with Gasteiger partial charge in [-0.05, 0) is 44.9 Å². The van der Waals surface area contributed by atoms with Gasteiger partial charge in [0.1, 0.15) is 0 Å². The van der Waals surface area contributed by atoms with Crippen LogP contribution in [0, 0.1) is 5.92 Å². The Hall–Kier alpha value is -0.0400. The first-order chi connectivity index (χ1) is 9.22. The van der Waals surface area contributed by atoms with Crippen molar-refractivity contribution >= 4 is 29.9 Å². The Morgan fingerprint density at radius 2 is 1.95 bits per heavy atom. The van der Waals surface area contributed by atoms with E-state index in [0.29, 0.717) is 18.1 Å². The molecule has 0 aromatic rings. The minimum atomic E-state index is 0. The lowest BCUT2D eigenvalue weighted by Crippen LogP contribution is -2.36. The Morgan fingerprint density at radius 3 is 2.50 bits per heavy atom. The van der Waals surface area contributed by atoms with Gasteiger partial charge in [-0.3, -0.25) is 4.99 Å². The van der Waals surface area contributed by atoms with Gasteiger partial charge in [-0.1, -0.05) is 12.8 Å². The van der Waals surface area contributed by atoms with E-state index in [2.05, 4.69) is 16.8 Å². The standard InChI is InChI=1S/C15H29N3O.HI/c1-3-19-14(12-6-4-5-7-12)10-11-17-15(16)18(2)13-8-9-13;/h12-14H,3-11H2,1-2H3,(H2,16,17);1H. The van der Waals surface area contributed by atoms with Crippen molar-refractivity contribution < 1.29 is 4.74 Å². The van der Waals surface area contributed by atoms with Gasteiger partial charge in [-0.25, -0.2) is 0 Å².